The summed E-state index contributed by atoms with van der Waals surface area (Å²) in [5.41, 5.74) is 3.35. The summed E-state index contributed by atoms with van der Waals surface area (Å²) in [5, 5.41) is 1.04. The Morgan fingerprint density at radius 2 is 1.96 bits per heavy atom. The van der Waals surface area contributed by atoms with Crippen LogP contribution in [0.2, 0.25) is 0 Å². The van der Waals surface area contributed by atoms with Crippen LogP contribution in [0.25, 0.3) is 10.9 Å². The van der Waals surface area contributed by atoms with Gasteiger partial charge >= 0.3 is 6.01 Å². The van der Waals surface area contributed by atoms with Crippen molar-refractivity contribution in [3.8, 4) is 6.01 Å². The van der Waals surface area contributed by atoms with Crippen LogP contribution in [-0.2, 0) is 0 Å². The molecule has 128 valence electrons. The lowest BCUT2D eigenvalue weighted by atomic mass is 10.2. The molecule has 0 unspecified atom stereocenters. The van der Waals surface area contributed by atoms with Gasteiger partial charge in [-0.25, -0.2) is 9.97 Å². The number of ether oxygens (including phenoxy) is 1. The van der Waals surface area contributed by atoms with Gasteiger partial charge in [0.2, 0.25) is 0 Å². The summed E-state index contributed by atoms with van der Waals surface area (Å²) >= 11 is 0. The summed E-state index contributed by atoms with van der Waals surface area (Å²) in [6, 6.07) is 12.1. The molecule has 3 aromatic rings. The van der Waals surface area contributed by atoms with E-state index in [9.17, 15) is 4.79 Å². The Labute approximate surface area is 145 Å². The van der Waals surface area contributed by atoms with Crippen LogP contribution in [0.15, 0.2) is 36.4 Å². The highest BCUT2D eigenvalue weighted by Crippen LogP contribution is 2.20. The van der Waals surface area contributed by atoms with Crippen LogP contribution in [0, 0.1) is 13.8 Å². The molecule has 0 saturated carbocycles. The van der Waals surface area contributed by atoms with E-state index in [-0.39, 0.29) is 12.0 Å². The first-order valence-corrected chi connectivity index (χ1v) is 8.44. The van der Waals surface area contributed by atoms with Gasteiger partial charge in [-0.2, -0.15) is 0 Å². The number of aryl methyl sites for hydroxylation is 2. The Morgan fingerprint density at radius 3 is 2.72 bits per heavy atom. The highest BCUT2D eigenvalue weighted by Gasteiger charge is 2.29. The van der Waals surface area contributed by atoms with Gasteiger partial charge in [0.1, 0.15) is 11.8 Å². The van der Waals surface area contributed by atoms with E-state index in [2.05, 4.69) is 15.0 Å². The second-order valence-electron chi connectivity index (χ2n) is 6.48. The molecule has 0 spiro atoms. The SMILES string of the molecule is Cc1cc(C)nc(O[C@H]2CCN(C(=O)c3cc4ccccc4[nH]3)C2)n1. The number of benzene rings is 1. The number of hydrogen-bond donors (Lipinski definition) is 1. The van der Waals surface area contributed by atoms with E-state index < -0.39 is 0 Å². The third-order valence-electron chi connectivity index (χ3n) is 4.43. The number of likely N-dealkylation sites (tertiary alicyclic amines) is 1. The number of amides is 1. The molecule has 4 rings (SSSR count). The van der Waals surface area contributed by atoms with Crippen LogP contribution < -0.4 is 4.74 Å². The molecule has 2 aromatic heterocycles. The second kappa shape index (κ2) is 6.20. The zero-order valence-electron chi connectivity index (χ0n) is 14.3. The van der Waals surface area contributed by atoms with Crippen LogP contribution in [-0.4, -0.2) is 45.0 Å². The average Bonchev–Trinajstić information content (AvgIpc) is 3.19. The standard InChI is InChI=1S/C19H20N4O2/c1-12-9-13(2)21-19(20-12)25-15-7-8-23(11-15)18(24)17-10-14-5-3-4-6-16(14)22-17/h3-6,9-10,15,22H,7-8,11H2,1-2H3/t15-/m0/s1. The van der Waals surface area contributed by atoms with E-state index in [1.165, 1.54) is 0 Å². The summed E-state index contributed by atoms with van der Waals surface area (Å²) in [7, 11) is 0. The van der Waals surface area contributed by atoms with Gasteiger partial charge in [0.25, 0.3) is 5.91 Å². The van der Waals surface area contributed by atoms with Gasteiger partial charge in [0, 0.05) is 35.3 Å². The fraction of sp³-hybridized carbons (Fsp3) is 0.316. The average molecular weight is 336 g/mol. The van der Waals surface area contributed by atoms with Gasteiger partial charge in [-0.05, 0) is 32.0 Å². The fourth-order valence-electron chi connectivity index (χ4n) is 3.26. The lowest BCUT2D eigenvalue weighted by Crippen LogP contribution is -2.31. The zero-order chi connectivity index (χ0) is 17.4. The molecule has 6 heteroatoms. The maximum absolute atomic E-state index is 12.7. The molecule has 0 bridgehead atoms. The Hall–Kier alpha value is -2.89. The number of fused-ring (bicyclic) bond motifs is 1. The van der Waals surface area contributed by atoms with Crippen molar-refractivity contribution in [3.63, 3.8) is 0 Å². The predicted molar refractivity (Wildman–Crippen MR) is 94.7 cm³/mol. The molecule has 1 N–H and O–H groups in total. The van der Waals surface area contributed by atoms with Crippen LogP contribution in [0.4, 0.5) is 0 Å². The van der Waals surface area contributed by atoms with Crippen molar-refractivity contribution < 1.29 is 9.53 Å². The molecule has 1 aliphatic heterocycles. The first-order valence-electron chi connectivity index (χ1n) is 8.44. The zero-order valence-corrected chi connectivity index (χ0v) is 14.3. The molecule has 1 aromatic carbocycles. The van der Waals surface area contributed by atoms with Gasteiger partial charge in [0.05, 0.1) is 6.54 Å². The van der Waals surface area contributed by atoms with Crippen LogP contribution >= 0.6 is 0 Å². The van der Waals surface area contributed by atoms with Crippen LogP contribution in [0.1, 0.15) is 28.3 Å². The van der Waals surface area contributed by atoms with E-state index >= 15 is 0 Å². The van der Waals surface area contributed by atoms with Crippen molar-refractivity contribution in [3.05, 3.63) is 53.5 Å². The number of H-pyrrole nitrogens is 1. The van der Waals surface area contributed by atoms with Crippen LogP contribution in [0.3, 0.4) is 0 Å². The number of aromatic nitrogens is 3. The molecule has 1 aliphatic rings. The molecule has 1 fully saturated rings. The Morgan fingerprint density at radius 1 is 1.20 bits per heavy atom. The number of nitrogens with zero attached hydrogens (tertiary/aromatic N) is 3. The quantitative estimate of drug-likeness (QED) is 0.798. The smallest absolute Gasteiger partial charge is 0.317 e. The van der Waals surface area contributed by atoms with Gasteiger partial charge in [-0.15, -0.1) is 0 Å². The molecule has 0 aliphatic carbocycles. The molecule has 1 saturated heterocycles. The third-order valence-corrected chi connectivity index (χ3v) is 4.43. The minimum absolute atomic E-state index is 0.00337. The van der Waals surface area contributed by atoms with Gasteiger partial charge in [0.15, 0.2) is 0 Å². The van der Waals surface area contributed by atoms with E-state index in [4.69, 9.17) is 4.74 Å². The topological polar surface area (TPSA) is 71.1 Å². The summed E-state index contributed by atoms with van der Waals surface area (Å²) in [6.45, 7) is 5.05. The highest BCUT2D eigenvalue weighted by molar-refractivity contribution is 5.98. The van der Waals surface area contributed by atoms with E-state index in [0.29, 0.717) is 24.8 Å². The number of rotatable bonds is 3. The number of aromatic amines is 1. The first-order chi connectivity index (χ1) is 12.1. The second-order valence-corrected chi connectivity index (χ2v) is 6.48. The molecule has 1 atom stereocenters. The Bertz CT molecular complexity index is 881. The Balaban J connectivity index is 1.45. The van der Waals surface area contributed by atoms with Crippen molar-refractivity contribution in [2.24, 2.45) is 0 Å². The minimum Gasteiger partial charge on any atom is -0.458 e. The molecule has 0 radical (unpaired) electrons. The third kappa shape index (κ3) is 3.20. The van der Waals surface area contributed by atoms with Gasteiger partial charge in [-0.1, -0.05) is 18.2 Å². The summed E-state index contributed by atoms with van der Waals surface area (Å²) in [5.74, 6) is 0.00337. The molecule has 1 amide bonds. The van der Waals surface area contributed by atoms with Crippen molar-refractivity contribution >= 4 is 16.8 Å². The molecular formula is C19H20N4O2. The maximum Gasteiger partial charge on any atom is 0.317 e. The van der Waals surface area contributed by atoms with Crippen molar-refractivity contribution in [1.82, 2.24) is 19.9 Å². The van der Waals surface area contributed by atoms with Crippen molar-refractivity contribution in [2.45, 2.75) is 26.4 Å². The van der Waals surface area contributed by atoms with E-state index in [1.54, 1.807) is 0 Å². The number of hydrogen-bond acceptors (Lipinski definition) is 4. The Kier molecular flexibility index (Phi) is 3.87. The van der Waals surface area contributed by atoms with Gasteiger partial charge in [-0.3, -0.25) is 4.79 Å². The largest absolute Gasteiger partial charge is 0.458 e. The first kappa shape index (κ1) is 15.6. The lowest BCUT2D eigenvalue weighted by molar-refractivity contribution is 0.0764. The fourth-order valence-corrected chi connectivity index (χ4v) is 3.26. The van der Waals surface area contributed by atoms with E-state index in [0.717, 1.165) is 28.7 Å². The minimum atomic E-state index is -0.0745. The summed E-state index contributed by atoms with van der Waals surface area (Å²) in [4.78, 5) is 26.4. The van der Waals surface area contributed by atoms with Crippen molar-refractivity contribution in [2.75, 3.05) is 13.1 Å². The predicted octanol–water partition coefficient (Wildman–Crippen LogP) is 2.87. The maximum atomic E-state index is 12.7. The molecule has 6 nitrogen and oxygen atoms in total. The van der Waals surface area contributed by atoms with Crippen molar-refractivity contribution in [1.29, 1.82) is 0 Å². The summed E-state index contributed by atoms with van der Waals surface area (Å²) in [6.07, 6.45) is 0.706. The normalized spacial score (nSPS) is 17.2. The molecule has 25 heavy (non-hydrogen) atoms. The lowest BCUT2D eigenvalue weighted by Gasteiger charge is -2.16. The number of carbonyl (C=O) groups excluding carboxylic acids is 1. The summed E-state index contributed by atoms with van der Waals surface area (Å²) < 4.78 is 5.89. The number of para-hydroxylation sites is 1. The molecule has 3 heterocycles. The number of nitrogens with one attached hydrogen (secondary N) is 1. The molecular weight excluding hydrogens is 316 g/mol. The van der Waals surface area contributed by atoms with Crippen LogP contribution in [0.5, 0.6) is 6.01 Å². The highest BCUT2D eigenvalue weighted by atomic mass is 16.5. The van der Waals surface area contributed by atoms with E-state index in [1.807, 2.05) is 55.1 Å². The number of carbonyl (C=O) groups is 1. The van der Waals surface area contributed by atoms with Gasteiger partial charge < -0.3 is 14.6 Å². The monoisotopic (exact) mass is 336 g/mol.